The molecule has 2 aliphatic rings. The molecule has 9 nitrogen and oxygen atoms in total. The monoisotopic (exact) mass is 430 g/mol. The van der Waals surface area contributed by atoms with Crippen LogP contribution in [0.15, 0.2) is 16.5 Å². The number of carbonyl (C=O) groups excluding carboxylic acids is 1. The molecule has 0 radical (unpaired) electrons. The number of ether oxygens (including phenoxy) is 1. The third kappa shape index (κ3) is 5.19. The Bertz CT molecular complexity index is 902. The number of nitrogens with one attached hydrogen (secondary N) is 1. The van der Waals surface area contributed by atoms with Gasteiger partial charge in [0.25, 0.3) is 5.91 Å². The van der Waals surface area contributed by atoms with E-state index < -0.39 is 12.1 Å². The lowest BCUT2D eigenvalue weighted by Gasteiger charge is -2.26. The van der Waals surface area contributed by atoms with Crippen LogP contribution < -0.4 is 0 Å². The van der Waals surface area contributed by atoms with Crippen molar-refractivity contribution in [1.82, 2.24) is 20.0 Å². The van der Waals surface area contributed by atoms with E-state index in [9.17, 15) is 18.0 Å². The van der Waals surface area contributed by atoms with E-state index in [0.29, 0.717) is 32.0 Å². The SMILES string of the molecule is Cc1ccc(CN2Cc3[nH]nc(C(=O)N4CCOCC4)c3C2)o1.O=C(O)C(F)(F)F. The number of halogens is 3. The summed E-state index contributed by atoms with van der Waals surface area (Å²) in [4.78, 5) is 25.6. The summed E-state index contributed by atoms with van der Waals surface area (Å²) in [5, 5.41) is 14.4. The van der Waals surface area contributed by atoms with Crippen molar-refractivity contribution in [2.45, 2.75) is 32.7 Å². The number of aliphatic carboxylic acids is 1. The number of hydrogen-bond donors (Lipinski definition) is 2. The summed E-state index contributed by atoms with van der Waals surface area (Å²) >= 11 is 0. The second kappa shape index (κ2) is 8.88. The first kappa shape index (κ1) is 21.8. The number of carbonyl (C=O) groups is 2. The number of amides is 1. The number of nitrogens with zero attached hydrogens (tertiary/aromatic N) is 3. The molecule has 2 N–H and O–H groups in total. The third-order valence-electron chi connectivity index (χ3n) is 4.64. The van der Waals surface area contributed by atoms with E-state index in [4.69, 9.17) is 19.1 Å². The van der Waals surface area contributed by atoms with E-state index in [1.165, 1.54) is 0 Å². The number of carboxylic acids is 1. The molecular formula is C18H21F3N4O5. The second-order valence-corrected chi connectivity index (χ2v) is 6.89. The summed E-state index contributed by atoms with van der Waals surface area (Å²) in [5.74, 6) is -0.891. The quantitative estimate of drug-likeness (QED) is 0.765. The van der Waals surface area contributed by atoms with Gasteiger partial charge < -0.3 is 19.2 Å². The smallest absolute Gasteiger partial charge is 0.475 e. The van der Waals surface area contributed by atoms with Crippen LogP contribution >= 0.6 is 0 Å². The Labute approximate surface area is 169 Å². The Hall–Kier alpha value is -2.86. The Morgan fingerprint density at radius 1 is 1.23 bits per heavy atom. The van der Waals surface area contributed by atoms with Crippen molar-refractivity contribution in [2.24, 2.45) is 0 Å². The van der Waals surface area contributed by atoms with Crippen LogP contribution in [0.4, 0.5) is 13.2 Å². The van der Waals surface area contributed by atoms with Crippen molar-refractivity contribution in [3.63, 3.8) is 0 Å². The van der Waals surface area contributed by atoms with Gasteiger partial charge in [0.1, 0.15) is 11.5 Å². The van der Waals surface area contributed by atoms with Crippen LogP contribution in [-0.2, 0) is 29.2 Å². The third-order valence-corrected chi connectivity index (χ3v) is 4.64. The standard InChI is InChI=1S/C16H20N4O3.C2HF3O2/c1-11-2-3-12(23-11)8-19-9-13-14(10-19)17-18-15(13)16(21)20-4-6-22-7-5-20;3-2(4,5)1(6)7/h2-3H,4-10H2,1H3,(H,17,18);(H,6,7). The van der Waals surface area contributed by atoms with Gasteiger partial charge >= 0.3 is 12.1 Å². The zero-order valence-corrected chi connectivity index (χ0v) is 16.2. The van der Waals surface area contributed by atoms with E-state index in [-0.39, 0.29) is 5.91 Å². The summed E-state index contributed by atoms with van der Waals surface area (Å²) in [6.07, 6.45) is -5.08. The topological polar surface area (TPSA) is 112 Å². The van der Waals surface area contributed by atoms with Gasteiger partial charge in [-0.25, -0.2) is 4.79 Å². The minimum absolute atomic E-state index is 0.00138. The van der Waals surface area contributed by atoms with Crippen LogP contribution in [0.25, 0.3) is 0 Å². The number of alkyl halides is 3. The molecule has 0 unspecified atom stereocenters. The highest BCUT2D eigenvalue weighted by Crippen LogP contribution is 2.26. The molecule has 0 aromatic carbocycles. The Balaban J connectivity index is 0.000000318. The highest BCUT2D eigenvalue weighted by molar-refractivity contribution is 5.94. The number of aromatic amines is 1. The maximum Gasteiger partial charge on any atom is 0.490 e. The molecule has 2 aliphatic heterocycles. The number of rotatable bonds is 3. The molecule has 4 heterocycles. The van der Waals surface area contributed by atoms with Gasteiger partial charge in [-0.05, 0) is 19.1 Å². The van der Waals surface area contributed by atoms with Crippen molar-refractivity contribution in [1.29, 1.82) is 0 Å². The maximum absolute atomic E-state index is 12.6. The van der Waals surface area contributed by atoms with Gasteiger partial charge in [0.2, 0.25) is 0 Å². The summed E-state index contributed by atoms with van der Waals surface area (Å²) in [6, 6.07) is 3.97. The van der Waals surface area contributed by atoms with Crippen LogP contribution in [0.2, 0.25) is 0 Å². The molecule has 0 saturated carbocycles. The van der Waals surface area contributed by atoms with Gasteiger partial charge in [-0.1, -0.05) is 0 Å². The Morgan fingerprint density at radius 3 is 2.47 bits per heavy atom. The molecule has 0 bridgehead atoms. The highest BCUT2D eigenvalue weighted by Gasteiger charge is 2.38. The van der Waals surface area contributed by atoms with E-state index in [0.717, 1.165) is 42.4 Å². The summed E-state index contributed by atoms with van der Waals surface area (Å²) in [6.45, 7) is 6.63. The molecule has 2 aromatic heterocycles. The lowest BCUT2D eigenvalue weighted by molar-refractivity contribution is -0.192. The van der Waals surface area contributed by atoms with Crippen LogP contribution in [0, 0.1) is 6.92 Å². The molecule has 4 rings (SSSR count). The van der Waals surface area contributed by atoms with E-state index in [2.05, 4.69) is 15.1 Å². The first-order valence-corrected chi connectivity index (χ1v) is 9.16. The van der Waals surface area contributed by atoms with E-state index in [1.807, 2.05) is 24.0 Å². The number of furan rings is 1. The van der Waals surface area contributed by atoms with Crippen molar-refractivity contribution in [3.8, 4) is 0 Å². The zero-order valence-electron chi connectivity index (χ0n) is 16.2. The van der Waals surface area contributed by atoms with Gasteiger partial charge in [0.05, 0.1) is 25.5 Å². The largest absolute Gasteiger partial charge is 0.490 e. The van der Waals surface area contributed by atoms with Crippen molar-refractivity contribution in [2.75, 3.05) is 26.3 Å². The first-order chi connectivity index (χ1) is 14.1. The van der Waals surface area contributed by atoms with Gasteiger partial charge in [0, 0.05) is 31.7 Å². The maximum atomic E-state index is 12.6. The van der Waals surface area contributed by atoms with Crippen LogP contribution in [-0.4, -0.2) is 69.5 Å². The van der Waals surface area contributed by atoms with Crippen molar-refractivity contribution < 1.29 is 37.0 Å². The van der Waals surface area contributed by atoms with Crippen molar-refractivity contribution >= 4 is 11.9 Å². The van der Waals surface area contributed by atoms with Crippen LogP contribution in [0.5, 0.6) is 0 Å². The number of aromatic nitrogens is 2. The molecule has 0 spiro atoms. The normalized spacial score (nSPS) is 16.7. The van der Waals surface area contributed by atoms with E-state index >= 15 is 0 Å². The minimum atomic E-state index is -5.08. The van der Waals surface area contributed by atoms with Crippen molar-refractivity contribution in [3.05, 3.63) is 40.6 Å². The summed E-state index contributed by atoms with van der Waals surface area (Å²) in [7, 11) is 0. The fourth-order valence-electron chi connectivity index (χ4n) is 3.20. The van der Waals surface area contributed by atoms with Gasteiger partial charge in [0.15, 0.2) is 5.69 Å². The first-order valence-electron chi connectivity index (χ1n) is 9.16. The molecule has 1 fully saturated rings. The molecule has 1 saturated heterocycles. The second-order valence-electron chi connectivity index (χ2n) is 6.89. The fraction of sp³-hybridized carbons (Fsp3) is 0.500. The molecule has 1 amide bonds. The minimum Gasteiger partial charge on any atom is -0.475 e. The number of hydrogen-bond acceptors (Lipinski definition) is 6. The van der Waals surface area contributed by atoms with Gasteiger partial charge in [-0.2, -0.15) is 18.3 Å². The highest BCUT2D eigenvalue weighted by atomic mass is 19.4. The van der Waals surface area contributed by atoms with Gasteiger partial charge in [-0.3, -0.25) is 14.8 Å². The van der Waals surface area contributed by atoms with Crippen LogP contribution in [0.1, 0.15) is 33.3 Å². The molecule has 0 atom stereocenters. The fourth-order valence-corrected chi connectivity index (χ4v) is 3.20. The predicted octanol–water partition coefficient (Wildman–Crippen LogP) is 1.93. The molecular weight excluding hydrogens is 409 g/mol. The zero-order chi connectivity index (χ0) is 21.9. The number of carboxylic acid groups (broad SMARTS) is 1. The molecule has 12 heteroatoms. The number of H-pyrrole nitrogens is 1. The lowest BCUT2D eigenvalue weighted by Crippen LogP contribution is -2.41. The summed E-state index contributed by atoms with van der Waals surface area (Å²) in [5.41, 5.74) is 2.61. The van der Waals surface area contributed by atoms with Crippen LogP contribution in [0.3, 0.4) is 0 Å². The van der Waals surface area contributed by atoms with Gasteiger partial charge in [-0.15, -0.1) is 0 Å². The lowest BCUT2D eigenvalue weighted by atomic mass is 10.2. The number of fused-ring (bicyclic) bond motifs is 1. The molecule has 164 valence electrons. The average molecular weight is 430 g/mol. The van der Waals surface area contributed by atoms with E-state index in [1.54, 1.807) is 0 Å². The number of aryl methyl sites for hydroxylation is 1. The molecule has 2 aromatic rings. The average Bonchev–Trinajstić information content (AvgIpc) is 3.38. The molecule has 30 heavy (non-hydrogen) atoms. The Kier molecular flexibility index (Phi) is 6.46. The Morgan fingerprint density at radius 2 is 1.90 bits per heavy atom. The predicted molar refractivity (Wildman–Crippen MR) is 95.4 cm³/mol. The summed E-state index contributed by atoms with van der Waals surface area (Å²) < 4.78 is 42.7. The number of morpholine rings is 1. The molecule has 0 aliphatic carbocycles.